The first kappa shape index (κ1) is 17.7. The Kier molecular flexibility index (Phi) is 4.55. The average Bonchev–Trinajstić information content (AvgIpc) is 2.89. The van der Waals surface area contributed by atoms with Crippen LogP contribution in [-0.4, -0.2) is 18.9 Å². The Morgan fingerprint density at radius 1 is 1.08 bits per heavy atom. The lowest BCUT2D eigenvalue weighted by Gasteiger charge is -2.16. The molecule has 0 saturated carbocycles. The van der Waals surface area contributed by atoms with Crippen molar-refractivity contribution in [3.05, 3.63) is 59.4 Å². The average molecular weight is 352 g/mol. The van der Waals surface area contributed by atoms with Crippen molar-refractivity contribution in [2.45, 2.75) is 20.8 Å². The Morgan fingerprint density at radius 3 is 2.54 bits per heavy atom. The number of allylic oxidation sites excluding steroid dienone is 1. The van der Waals surface area contributed by atoms with E-state index in [4.69, 9.17) is 14.2 Å². The summed E-state index contributed by atoms with van der Waals surface area (Å²) in [6.07, 6.45) is 1.66. The van der Waals surface area contributed by atoms with Gasteiger partial charge in [-0.2, -0.15) is 0 Å². The molecule has 0 aromatic heterocycles. The van der Waals surface area contributed by atoms with Gasteiger partial charge in [0.05, 0.1) is 18.1 Å². The van der Waals surface area contributed by atoms with E-state index in [1.165, 1.54) is 0 Å². The third-order valence-corrected chi connectivity index (χ3v) is 3.86. The summed E-state index contributed by atoms with van der Waals surface area (Å²) in [5, 5.41) is 0. The van der Waals surface area contributed by atoms with Crippen LogP contribution in [-0.2, 0) is 4.79 Å². The van der Waals surface area contributed by atoms with Gasteiger partial charge in [0.1, 0.15) is 17.2 Å². The maximum atomic E-state index is 12.5. The SMILES string of the molecule is COc1cccc(/C=C2\Oc3cc(OC(=O)C(C)(C)C)ccc3C2=O)c1. The fraction of sp³-hybridized carbons (Fsp3) is 0.238. The van der Waals surface area contributed by atoms with Gasteiger partial charge in [-0.15, -0.1) is 0 Å². The molecule has 3 rings (SSSR count). The van der Waals surface area contributed by atoms with Crippen LogP contribution >= 0.6 is 0 Å². The van der Waals surface area contributed by atoms with E-state index in [9.17, 15) is 9.59 Å². The summed E-state index contributed by atoms with van der Waals surface area (Å²) in [4.78, 5) is 24.5. The van der Waals surface area contributed by atoms with E-state index >= 15 is 0 Å². The maximum Gasteiger partial charge on any atom is 0.316 e. The zero-order chi connectivity index (χ0) is 18.9. The van der Waals surface area contributed by atoms with Gasteiger partial charge in [0.2, 0.25) is 5.78 Å². The van der Waals surface area contributed by atoms with E-state index in [2.05, 4.69) is 0 Å². The molecule has 26 heavy (non-hydrogen) atoms. The summed E-state index contributed by atoms with van der Waals surface area (Å²) in [6, 6.07) is 12.1. The highest BCUT2D eigenvalue weighted by Gasteiger charge is 2.29. The van der Waals surface area contributed by atoms with Crippen molar-refractivity contribution >= 4 is 17.8 Å². The molecule has 0 unspecified atom stereocenters. The molecule has 134 valence electrons. The molecular formula is C21H20O5. The van der Waals surface area contributed by atoms with E-state index in [1.54, 1.807) is 52.2 Å². The van der Waals surface area contributed by atoms with Gasteiger partial charge in [0.15, 0.2) is 5.76 Å². The van der Waals surface area contributed by atoms with Crippen LogP contribution < -0.4 is 14.2 Å². The number of hydrogen-bond donors (Lipinski definition) is 0. The number of hydrogen-bond acceptors (Lipinski definition) is 5. The number of ether oxygens (including phenoxy) is 3. The Hall–Kier alpha value is -3.08. The van der Waals surface area contributed by atoms with Crippen LogP contribution in [0.25, 0.3) is 6.08 Å². The van der Waals surface area contributed by atoms with Gasteiger partial charge in [-0.25, -0.2) is 0 Å². The molecule has 2 aromatic rings. The van der Waals surface area contributed by atoms with Gasteiger partial charge in [-0.3, -0.25) is 9.59 Å². The van der Waals surface area contributed by atoms with E-state index in [0.29, 0.717) is 22.8 Å². The van der Waals surface area contributed by atoms with Crippen LogP contribution in [0.5, 0.6) is 17.2 Å². The number of ketones is 1. The number of esters is 1. The van der Waals surface area contributed by atoms with Gasteiger partial charge in [-0.05, 0) is 56.7 Å². The normalized spacial score (nSPS) is 14.8. The number of rotatable bonds is 3. The molecule has 0 saturated heterocycles. The van der Waals surface area contributed by atoms with Crippen molar-refractivity contribution in [3.63, 3.8) is 0 Å². The zero-order valence-corrected chi connectivity index (χ0v) is 15.2. The van der Waals surface area contributed by atoms with Gasteiger partial charge in [0, 0.05) is 6.07 Å². The summed E-state index contributed by atoms with van der Waals surface area (Å²) in [7, 11) is 1.58. The van der Waals surface area contributed by atoms with E-state index in [1.807, 2.05) is 24.3 Å². The van der Waals surface area contributed by atoms with Crippen LogP contribution in [0.1, 0.15) is 36.7 Å². The van der Waals surface area contributed by atoms with Crippen molar-refractivity contribution in [3.8, 4) is 17.2 Å². The Morgan fingerprint density at radius 2 is 1.85 bits per heavy atom. The standard InChI is InChI=1S/C21H20O5/c1-21(2,3)20(23)25-15-8-9-16-17(12-15)26-18(19(16)22)11-13-6-5-7-14(10-13)24-4/h5-12H,1-4H3/b18-11-. The molecule has 1 aliphatic rings. The fourth-order valence-corrected chi connectivity index (χ4v) is 2.37. The van der Waals surface area contributed by atoms with Crippen molar-refractivity contribution < 1.29 is 23.8 Å². The largest absolute Gasteiger partial charge is 0.497 e. The number of carbonyl (C=O) groups excluding carboxylic acids is 2. The first-order valence-electron chi connectivity index (χ1n) is 8.22. The van der Waals surface area contributed by atoms with Crippen LogP contribution in [0.2, 0.25) is 0 Å². The van der Waals surface area contributed by atoms with Gasteiger partial charge < -0.3 is 14.2 Å². The van der Waals surface area contributed by atoms with E-state index < -0.39 is 5.41 Å². The topological polar surface area (TPSA) is 61.8 Å². The lowest BCUT2D eigenvalue weighted by molar-refractivity contribution is -0.143. The van der Waals surface area contributed by atoms with E-state index in [-0.39, 0.29) is 17.5 Å². The first-order chi connectivity index (χ1) is 12.3. The van der Waals surface area contributed by atoms with Gasteiger partial charge in [0.25, 0.3) is 0 Å². The molecule has 0 aliphatic carbocycles. The molecule has 0 atom stereocenters. The van der Waals surface area contributed by atoms with Crippen LogP contribution in [0.15, 0.2) is 48.2 Å². The lowest BCUT2D eigenvalue weighted by Crippen LogP contribution is -2.25. The molecule has 5 nitrogen and oxygen atoms in total. The second kappa shape index (κ2) is 6.67. The predicted molar refractivity (Wildman–Crippen MR) is 97.5 cm³/mol. The number of carbonyl (C=O) groups is 2. The minimum absolute atomic E-state index is 0.212. The minimum atomic E-state index is -0.618. The summed E-state index contributed by atoms with van der Waals surface area (Å²) in [5.41, 5.74) is 0.613. The van der Waals surface area contributed by atoms with Crippen molar-refractivity contribution in [2.75, 3.05) is 7.11 Å². The van der Waals surface area contributed by atoms with Gasteiger partial charge in [-0.1, -0.05) is 12.1 Å². The van der Waals surface area contributed by atoms with E-state index in [0.717, 1.165) is 5.56 Å². The fourth-order valence-electron chi connectivity index (χ4n) is 2.37. The molecule has 0 amide bonds. The van der Waals surface area contributed by atoms with Crippen molar-refractivity contribution in [2.24, 2.45) is 5.41 Å². The molecular weight excluding hydrogens is 332 g/mol. The maximum absolute atomic E-state index is 12.5. The van der Waals surface area contributed by atoms with Crippen LogP contribution in [0, 0.1) is 5.41 Å². The van der Waals surface area contributed by atoms with Gasteiger partial charge >= 0.3 is 5.97 Å². The summed E-state index contributed by atoms with van der Waals surface area (Å²) >= 11 is 0. The number of methoxy groups -OCH3 is 1. The second-order valence-electron chi connectivity index (χ2n) is 7.01. The third kappa shape index (κ3) is 3.61. The Labute approximate surface area is 152 Å². The summed E-state index contributed by atoms with van der Waals surface area (Å²) in [6.45, 7) is 5.33. The summed E-state index contributed by atoms with van der Waals surface area (Å²) in [5.74, 6) is 1.07. The molecule has 1 aliphatic heterocycles. The molecule has 0 fully saturated rings. The molecule has 0 N–H and O–H groups in total. The minimum Gasteiger partial charge on any atom is -0.497 e. The highest BCUT2D eigenvalue weighted by atomic mass is 16.5. The number of fused-ring (bicyclic) bond motifs is 1. The summed E-state index contributed by atoms with van der Waals surface area (Å²) < 4.78 is 16.2. The second-order valence-corrected chi connectivity index (χ2v) is 7.01. The smallest absolute Gasteiger partial charge is 0.316 e. The van der Waals surface area contributed by atoms with Crippen LogP contribution in [0.4, 0.5) is 0 Å². The number of benzene rings is 2. The highest BCUT2D eigenvalue weighted by Crippen LogP contribution is 2.35. The zero-order valence-electron chi connectivity index (χ0n) is 15.2. The predicted octanol–water partition coefficient (Wildman–Crippen LogP) is 4.26. The quantitative estimate of drug-likeness (QED) is 0.469. The lowest BCUT2D eigenvalue weighted by atomic mass is 9.97. The first-order valence-corrected chi connectivity index (χ1v) is 8.22. The highest BCUT2D eigenvalue weighted by molar-refractivity contribution is 6.14. The van der Waals surface area contributed by atoms with Crippen molar-refractivity contribution in [1.29, 1.82) is 0 Å². The molecule has 0 bridgehead atoms. The molecule has 5 heteroatoms. The molecule has 1 heterocycles. The monoisotopic (exact) mass is 352 g/mol. The molecule has 0 radical (unpaired) electrons. The molecule has 2 aromatic carbocycles. The Balaban J connectivity index is 1.84. The number of Topliss-reactive ketones (excluding diaryl/α,β-unsaturated/α-hetero) is 1. The Bertz CT molecular complexity index is 903. The third-order valence-electron chi connectivity index (χ3n) is 3.86. The molecule has 0 spiro atoms. The van der Waals surface area contributed by atoms with Crippen molar-refractivity contribution in [1.82, 2.24) is 0 Å². The van der Waals surface area contributed by atoms with Crippen LogP contribution in [0.3, 0.4) is 0 Å².